The Morgan fingerprint density at radius 3 is 2.80 bits per heavy atom. The molecule has 100 valence electrons. The molecule has 0 fully saturated rings. The molecule has 2 heterocycles. The third-order valence-corrected chi connectivity index (χ3v) is 3.88. The number of hydrogen-bond acceptors (Lipinski definition) is 5. The molecule has 0 saturated heterocycles. The Morgan fingerprint density at radius 2 is 1.95 bits per heavy atom. The Balaban J connectivity index is 1.73. The molecule has 0 atom stereocenters. The lowest BCUT2D eigenvalue weighted by molar-refractivity contribution is 1.01. The number of aromatic nitrogens is 2. The lowest BCUT2D eigenvalue weighted by Gasteiger charge is -2.05. The molecule has 1 N–H and O–H groups in total. The van der Waals surface area contributed by atoms with Crippen LogP contribution in [0, 0.1) is 0 Å². The summed E-state index contributed by atoms with van der Waals surface area (Å²) in [6, 6.07) is 13.7. The second kappa shape index (κ2) is 5.79. The summed E-state index contributed by atoms with van der Waals surface area (Å²) in [6.45, 7) is 0.741. The predicted molar refractivity (Wildman–Crippen MR) is 82.3 cm³/mol. The Kier molecular flexibility index (Phi) is 3.69. The standard InChI is InChI=1S/C15H13N3OS/c19-13-12-7-4-9-16-14(12)20-15(18-13)17-10-8-11-5-2-1-3-6-11/h1-7,9H,8,10H2,(H,17,18,19). The van der Waals surface area contributed by atoms with Crippen LogP contribution in [-0.4, -0.2) is 16.5 Å². The van der Waals surface area contributed by atoms with E-state index in [2.05, 4.69) is 27.4 Å². The zero-order chi connectivity index (χ0) is 13.8. The summed E-state index contributed by atoms with van der Waals surface area (Å²) < 4.78 is 0. The van der Waals surface area contributed by atoms with E-state index in [9.17, 15) is 4.79 Å². The van der Waals surface area contributed by atoms with Crippen molar-refractivity contribution in [3.8, 4) is 0 Å². The van der Waals surface area contributed by atoms with Crippen molar-refractivity contribution in [3.63, 3.8) is 0 Å². The van der Waals surface area contributed by atoms with Gasteiger partial charge in [0, 0.05) is 12.7 Å². The van der Waals surface area contributed by atoms with Gasteiger partial charge in [0.15, 0.2) is 5.13 Å². The van der Waals surface area contributed by atoms with Crippen LogP contribution in [0.3, 0.4) is 0 Å². The first-order valence-corrected chi connectivity index (χ1v) is 7.18. The molecule has 20 heavy (non-hydrogen) atoms. The van der Waals surface area contributed by atoms with E-state index in [4.69, 9.17) is 0 Å². The highest BCUT2D eigenvalue weighted by molar-refractivity contribution is 7.21. The van der Waals surface area contributed by atoms with Gasteiger partial charge < -0.3 is 5.32 Å². The Labute approximate surface area is 120 Å². The van der Waals surface area contributed by atoms with Crippen LogP contribution in [0.5, 0.6) is 0 Å². The van der Waals surface area contributed by atoms with Crippen LogP contribution in [0.1, 0.15) is 5.56 Å². The maximum atomic E-state index is 11.8. The van der Waals surface area contributed by atoms with Gasteiger partial charge in [-0.1, -0.05) is 41.7 Å². The molecular formula is C15H13N3OS. The summed E-state index contributed by atoms with van der Waals surface area (Å²) >= 11 is 1.40. The van der Waals surface area contributed by atoms with Gasteiger partial charge in [-0.05, 0) is 24.1 Å². The molecule has 0 spiro atoms. The number of fused-ring (bicyclic) bond motifs is 1. The van der Waals surface area contributed by atoms with Crippen molar-refractivity contribution in [2.24, 2.45) is 0 Å². The highest BCUT2D eigenvalue weighted by atomic mass is 32.1. The first-order chi connectivity index (χ1) is 9.83. The van der Waals surface area contributed by atoms with Crippen LogP contribution in [0.2, 0.25) is 0 Å². The number of pyridine rings is 1. The largest absolute Gasteiger partial charge is 0.361 e. The maximum Gasteiger partial charge on any atom is 0.282 e. The number of hydrogen-bond donors (Lipinski definition) is 1. The number of benzene rings is 1. The van der Waals surface area contributed by atoms with Crippen LogP contribution in [0.25, 0.3) is 10.2 Å². The van der Waals surface area contributed by atoms with E-state index >= 15 is 0 Å². The molecule has 5 heteroatoms. The summed E-state index contributed by atoms with van der Waals surface area (Å²) in [5, 5.41) is 4.39. The maximum absolute atomic E-state index is 11.8. The third-order valence-electron chi connectivity index (χ3n) is 2.93. The van der Waals surface area contributed by atoms with Gasteiger partial charge in [0.25, 0.3) is 5.56 Å². The number of anilines is 1. The Morgan fingerprint density at radius 1 is 1.10 bits per heavy atom. The summed E-state index contributed by atoms with van der Waals surface area (Å²) in [5.74, 6) is 0. The van der Waals surface area contributed by atoms with Gasteiger partial charge in [-0.15, -0.1) is 0 Å². The summed E-state index contributed by atoms with van der Waals surface area (Å²) in [7, 11) is 0. The fourth-order valence-corrected chi connectivity index (χ4v) is 2.80. The van der Waals surface area contributed by atoms with Crippen molar-refractivity contribution in [2.75, 3.05) is 11.9 Å². The van der Waals surface area contributed by atoms with Crippen molar-refractivity contribution in [1.29, 1.82) is 0 Å². The molecule has 3 aromatic rings. The van der Waals surface area contributed by atoms with Crippen molar-refractivity contribution in [1.82, 2.24) is 9.97 Å². The molecule has 0 aliphatic carbocycles. The Hall–Kier alpha value is -2.27. The molecule has 0 amide bonds. The molecule has 0 radical (unpaired) electrons. The van der Waals surface area contributed by atoms with Crippen LogP contribution in [0.15, 0.2) is 53.5 Å². The molecule has 0 bridgehead atoms. The van der Waals surface area contributed by atoms with Gasteiger partial charge in [-0.25, -0.2) is 4.98 Å². The van der Waals surface area contributed by atoms with E-state index in [-0.39, 0.29) is 5.56 Å². The van der Waals surface area contributed by atoms with Gasteiger partial charge >= 0.3 is 0 Å². The van der Waals surface area contributed by atoms with Gasteiger partial charge in [-0.2, -0.15) is 4.98 Å². The minimum absolute atomic E-state index is 0.228. The van der Waals surface area contributed by atoms with Crippen LogP contribution in [-0.2, 0) is 6.42 Å². The van der Waals surface area contributed by atoms with E-state index in [1.807, 2.05) is 18.2 Å². The van der Waals surface area contributed by atoms with E-state index in [0.717, 1.165) is 17.8 Å². The molecule has 1 aromatic carbocycles. The summed E-state index contributed by atoms with van der Waals surface area (Å²) in [6.07, 6.45) is 2.58. The minimum Gasteiger partial charge on any atom is -0.361 e. The molecule has 0 saturated carbocycles. The quantitative estimate of drug-likeness (QED) is 0.800. The van der Waals surface area contributed by atoms with Gasteiger partial charge in [0.2, 0.25) is 0 Å². The Bertz CT molecular complexity index is 771. The lowest BCUT2D eigenvalue weighted by atomic mass is 10.2. The molecule has 0 aliphatic heterocycles. The average Bonchev–Trinajstić information content (AvgIpc) is 2.48. The van der Waals surface area contributed by atoms with Crippen LogP contribution in [0.4, 0.5) is 5.13 Å². The van der Waals surface area contributed by atoms with Gasteiger partial charge in [0.05, 0.1) is 5.39 Å². The number of nitrogens with one attached hydrogen (secondary N) is 1. The minimum atomic E-state index is -0.228. The summed E-state index contributed by atoms with van der Waals surface area (Å²) in [4.78, 5) is 20.8. The van der Waals surface area contributed by atoms with Crippen molar-refractivity contribution in [3.05, 3.63) is 64.6 Å². The van der Waals surface area contributed by atoms with Gasteiger partial charge in [0.1, 0.15) is 4.83 Å². The van der Waals surface area contributed by atoms with Crippen LogP contribution >= 0.6 is 11.3 Å². The smallest absolute Gasteiger partial charge is 0.282 e. The van der Waals surface area contributed by atoms with E-state index in [0.29, 0.717) is 10.5 Å². The summed E-state index contributed by atoms with van der Waals surface area (Å²) in [5.41, 5.74) is 1.03. The number of nitrogens with zero attached hydrogens (tertiary/aromatic N) is 2. The molecule has 4 nitrogen and oxygen atoms in total. The first-order valence-electron chi connectivity index (χ1n) is 6.36. The van der Waals surface area contributed by atoms with Crippen molar-refractivity contribution >= 4 is 26.7 Å². The number of rotatable bonds is 4. The topological polar surface area (TPSA) is 54.9 Å². The fraction of sp³-hybridized carbons (Fsp3) is 0.133. The second-order valence-corrected chi connectivity index (χ2v) is 5.32. The van der Waals surface area contributed by atoms with Crippen LogP contribution < -0.4 is 10.9 Å². The van der Waals surface area contributed by atoms with Crippen molar-refractivity contribution in [2.45, 2.75) is 6.42 Å². The van der Waals surface area contributed by atoms with E-state index in [1.54, 1.807) is 18.3 Å². The fourth-order valence-electron chi connectivity index (χ4n) is 1.94. The molecule has 0 aliphatic rings. The zero-order valence-electron chi connectivity index (χ0n) is 10.7. The predicted octanol–water partition coefficient (Wildman–Crippen LogP) is 2.71. The zero-order valence-corrected chi connectivity index (χ0v) is 11.6. The SMILES string of the molecule is O=c1nc(NCCc2ccccc2)sc2ncccc12. The lowest BCUT2D eigenvalue weighted by Crippen LogP contribution is -2.11. The molecular weight excluding hydrogens is 270 g/mol. The first kappa shape index (κ1) is 12.7. The monoisotopic (exact) mass is 283 g/mol. The molecule has 2 aromatic heterocycles. The average molecular weight is 283 g/mol. The van der Waals surface area contributed by atoms with E-state index < -0.39 is 0 Å². The van der Waals surface area contributed by atoms with Gasteiger partial charge in [-0.3, -0.25) is 4.79 Å². The third kappa shape index (κ3) is 2.83. The normalized spacial score (nSPS) is 10.6. The molecule has 0 unspecified atom stereocenters. The highest BCUT2D eigenvalue weighted by Crippen LogP contribution is 2.17. The molecule has 3 rings (SSSR count). The van der Waals surface area contributed by atoms with Crippen molar-refractivity contribution < 1.29 is 0 Å². The van der Waals surface area contributed by atoms with E-state index in [1.165, 1.54) is 16.9 Å². The highest BCUT2D eigenvalue weighted by Gasteiger charge is 2.04. The second-order valence-electron chi connectivity index (χ2n) is 4.34.